The van der Waals surface area contributed by atoms with Crippen LogP contribution in [0.2, 0.25) is 0 Å². The van der Waals surface area contributed by atoms with Crippen molar-refractivity contribution in [2.24, 2.45) is 0 Å². The van der Waals surface area contributed by atoms with Crippen LogP contribution >= 0.6 is 0 Å². The molecule has 3 aromatic carbocycles. The Kier molecular flexibility index (Phi) is 6.72. The van der Waals surface area contributed by atoms with Gasteiger partial charge in [0.1, 0.15) is 12.4 Å². The SMILES string of the molecule is Cc1c(C(C)O)ccc(NS(=O)(=O)c2ccc(F)cc2)c1C(=O)OCc1ccccc1. The zero-order chi connectivity index (χ0) is 22.6. The fraction of sp³-hybridized carbons (Fsp3) is 0.174. The van der Waals surface area contributed by atoms with E-state index in [0.29, 0.717) is 11.1 Å². The molecule has 1 unspecified atom stereocenters. The number of halogens is 1. The summed E-state index contributed by atoms with van der Waals surface area (Å²) < 4.78 is 46.5. The molecule has 0 bridgehead atoms. The highest BCUT2D eigenvalue weighted by molar-refractivity contribution is 7.92. The lowest BCUT2D eigenvalue weighted by Gasteiger charge is -2.18. The van der Waals surface area contributed by atoms with Gasteiger partial charge in [-0.2, -0.15) is 0 Å². The number of rotatable bonds is 7. The third kappa shape index (κ3) is 5.28. The highest BCUT2D eigenvalue weighted by Gasteiger charge is 2.24. The second-order valence-electron chi connectivity index (χ2n) is 7.00. The number of aliphatic hydroxyl groups is 1. The number of aliphatic hydroxyl groups excluding tert-OH is 1. The van der Waals surface area contributed by atoms with Gasteiger partial charge in [-0.05, 0) is 60.9 Å². The number of carbonyl (C=O) groups is 1. The highest BCUT2D eigenvalue weighted by atomic mass is 32.2. The van der Waals surface area contributed by atoms with Crippen LogP contribution in [0.3, 0.4) is 0 Å². The van der Waals surface area contributed by atoms with Gasteiger partial charge in [0, 0.05) is 0 Å². The average Bonchev–Trinajstić information content (AvgIpc) is 2.73. The van der Waals surface area contributed by atoms with E-state index < -0.39 is 27.9 Å². The Hall–Kier alpha value is -3.23. The standard InChI is InChI=1S/C23H22FNO5S/c1-15-20(16(2)26)12-13-21(25-31(28,29)19-10-8-18(24)9-11-19)22(15)23(27)30-14-17-6-4-3-5-7-17/h3-13,16,25-26H,14H2,1-2H3. The van der Waals surface area contributed by atoms with Crippen molar-refractivity contribution in [1.82, 2.24) is 0 Å². The van der Waals surface area contributed by atoms with Gasteiger partial charge in [-0.3, -0.25) is 4.72 Å². The highest BCUT2D eigenvalue weighted by Crippen LogP contribution is 2.30. The van der Waals surface area contributed by atoms with Crippen molar-refractivity contribution < 1.29 is 27.4 Å². The molecule has 0 saturated heterocycles. The quantitative estimate of drug-likeness (QED) is 0.530. The Balaban J connectivity index is 1.97. The summed E-state index contributed by atoms with van der Waals surface area (Å²) in [5, 5.41) is 10.0. The van der Waals surface area contributed by atoms with Crippen LogP contribution in [0.1, 0.15) is 40.1 Å². The fourth-order valence-corrected chi connectivity index (χ4v) is 4.21. The fourth-order valence-electron chi connectivity index (χ4n) is 3.14. The summed E-state index contributed by atoms with van der Waals surface area (Å²) in [5.41, 5.74) is 1.64. The van der Waals surface area contributed by atoms with Crippen LogP contribution in [0.5, 0.6) is 0 Å². The van der Waals surface area contributed by atoms with E-state index in [-0.39, 0.29) is 22.8 Å². The second kappa shape index (κ2) is 9.28. The summed E-state index contributed by atoms with van der Waals surface area (Å²) in [7, 11) is -4.09. The van der Waals surface area contributed by atoms with E-state index in [2.05, 4.69) is 4.72 Å². The molecule has 0 fully saturated rings. The molecule has 162 valence electrons. The number of carbonyl (C=O) groups excluding carboxylic acids is 1. The zero-order valence-corrected chi connectivity index (χ0v) is 17.8. The van der Waals surface area contributed by atoms with Crippen LogP contribution in [-0.4, -0.2) is 19.5 Å². The molecule has 31 heavy (non-hydrogen) atoms. The molecule has 6 nitrogen and oxygen atoms in total. The molecule has 0 aliphatic carbocycles. The molecule has 0 radical (unpaired) electrons. The smallest absolute Gasteiger partial charge is 0.340 e. The van der Waals surface area contributed by atoms with Crippen LogP contribution in [0, 0.1) is 12.7 Å². The Morgan fingerprint density at radius 2 is 1.71 bits per heavy atom. The number of esters is 1. The van der Waals surface area contributed by atoms with Gasteiger partial charge < -0.3 is 9.84 Å². The van der Waals surface area contributed by atoms with Gasteiger partial charge in [-0.25, -0.2) is 17.6 Å². The lowest BCUT2D eigenvalue weighted by atomic mass is 9.97. The molecule has 0 aromatic heterocycles. The van der Waals surface area contributed by atoms with Crippen LogP contribution < -0.4 is 4.72 Å². The van der Waals surface area contributed by atoms with Gasteiger partial charge >= 0.3 is 5.97 Å². The Labute approximate surface area is 180 Å². The molecule has 0 spiro atoms. The molecule has 0 saturated carbocycles. The molecule has 3 aromatic rings. The molecule has 0 amide bonds. The lowest BCUT2D eigenvalue weighted by Crippen LogP contribution is -2.18. The number of hydrogen-bond donors (Lipinski definition) is 2. The van der Waals surface area contributed by atoms with Crippen molar-refractivity contribution in [3.05, 3.63) is 94.8 Å². The molecule has 3 rings (SSSR count). The number of benzene rings is 3. The number of anilines is 1. The monoisotopic (exact) mass is 443 g/mol. The minimum atomic E-state index is -4.09. The Bertz CT molecular complexity index is 1180. The van der Waals surface area contributed by atoms with E-state index in [1.54, 1.807) is 26.0 Å². The molecular formula is C23H22FNO5S. The van der Waals surface area contributed by atoms with E-state index in [4.69, 9.17) is 4.74 Å². The van der Waals surface area contributed by atoms with Crippen LogP contribution in [0.4, 0.5) is 10.1 Å². The first-order chi connectivity index (χ1) is 14.7. The maximum Gasteiger partial charge on any atom is 0.340 e. The van der Waals surface area contributed by atoms with E-state index in [0.717, 1.165) is 29.8 Å². The van der Waals surface area contributed by atoms with Crippen LogP contribution in [-0.2, 0) is 21.4 Å². The predicted octanol–water partition coefficient (Wildman–Crippen LogP) is 4.35. The molecule has 0 aliphatic heterocycles. The molecule has 2 N–H and O–H groups in total. The number of ether oxygens (including phenoxy) is 1. The van der Waals surface area contributed by atoms with Gasteiger partial charge in [0.15, 0.2) is 0 Å². The van der Waals surface area contributed by atoms with Crippen molar-refractivity contribution in [3.63, 3.8) is 0 Å². The molecule has 1 atom stereocenters. The lowest BCUT2D eigenvalue weighted by molar-refractivity contribution is 0.0473. The zero-order valence-electron chi connectivity index (χ0n) is 17.0. The summed E-state index contributed by atoms with van der Waals surface area (Å²) in [6.45, 7) is 3.16. The van der Waals surface area contributed by atoms with Gasteiger partial charge in [0.25, 0.3) is 10.0 Å². The van der Waals surface area contributed by atoms with Crippen molar-refractivity contribution in [2.45, 2.75) is 31.5 Å². The summed E-state index contributed by atoms with van der Waals surface area (Å²) >= 11 is 0. The van der Waals surface area contributed by atoms with Crippen molar-refractivity contribution >= 4 is 21.7 Å². The second-order valence-corrected chi connectivity index (χ2v) is 8.68. The number of hydrogen-bond acceptors (Lipinski definition) is 5. The number of sulfonamides is 1. The minimum absolute atomic E-state index is 0.0000165. The summed E-state index contributed by atoms with van der Waals surface area (Å²) in [6.07, 6.45) is -0.872. The molecule has 0 aliphatic rings. The number of nitrogens with one attached hydrogen (secondary N) is 1. The van der Waals surface area contributed by atoms with E-state index in [1.807, 2.05) is 18.2 Å². The van der Waals surface area contributed by atoms with Crippen LogP contribution in [0.15, 0.2) is 71.6 Å². The Morgan fingerprint density at radius 3 is 2.32 bits per heavy atom. The predicted molar refractivity (Wildman–Crippen MR) is 115 cm³/mol. The van der Waals surface area contributed by atoms with Gasteiger partial charge in [0.05, 0.1) is 22.3 Å². The topological polar surface area (TPSA) is 92.7 Å². The van der Waals surface area contributed by atoms with Crippen molar-refractivity contribution in [1.29, 1.82) is 0 Å². The molecule has 8 heteroatoms. The largest absolute Gasteiger partial charge is 0.457 e. The van der Waals surface area contributed by atoms with E-state index in [1.165, 1.54) is 12.1 Å². The first-order valence-electron chi connectivity index (χ1n) is 9.50. The maximum atomic E-state index is 13.2. The maximum absolute atomic E-state index is 13.2. The van der Waals surface area contributed by atoms with Gasteiger partial charge in [0.2, 0.25) is 0 Å². The first kappa shape index (κ1) is 22.5. The van der Waals surface area contributed by atoms with Crippen molar-refractivity contribution in [3.8, 4) is 0 Å². The summed E-state index contributed by atoms with van der Waals surface area (Å²) in [4.78, 5) is 12.8. The van der Waals surface area contributed by atoms with E-state index >= 15 is 0 Å². The minimum Gasteiger partial charge on any atom is -0.457 e. The van der Waals surface area contributed by atoms with Crippen molar-refractivity contribution in [2.75, 3.05) is 4.72 Å². The van der Waals surface area contributed by atoms with Gasteiger partial charge in [-0.1, -0.05) is 36.4 Å². The normalized spacial score (nSPS) is 12.3. The summed E-state index contributed by atoms with van der Waals surface area (Å²) in [6, 6.07) is 16.3. The molecule has 0 heterocycles. The van der Waals surface area contributed by atoms with Gasteiger partial charge in [-0.15, -0.1) is 0 Å². The average molecular weight is 443 g/mol. The van der Waals surface area contributed by atoms with E-state index in [9.17, 15) is 22.7 Å². The third-order valence-electron chi connectivity index (χ3n) is 4.74. The third-order valence-corrected chi connectivity index (χ3v) is 6.12. The van der Waals surface area contributed by atoms with Crippen LogP contribution in [0.25, 0.3) is 0 Å². The Morgan fingerprint density at radius 1 is 1.06 bits per heavy atom. The molecular weight excluding hydrogens is 421 g/mol. The summed E-state index contributed by atoms with van der Waals surface area (Å²) in [5.74, 6) is -1.30. The first-order valence-corrected chi connectivity index (χ1v) is 11.0.